The molecular weight excluding hydrogens is 212 g/mol. The highest BCUT2D eigenvalue weighted by Gasteiger charge is 2.13. The number of nitrogens with zero attached hydrogens (tertiary/aromatic N) is 3. The average Bonchev–Trinajstić information content (AvgIpc) is 2.28. The van der Waals surface area contributed by atoms with Crippen LogP contribution in [0.3, 0.4) is 0 Å². The SMILES string of the molecule is Cc1nc(NC(C)C)cc(N2CCCCC2)n1. The summed E-state index contributed by atoms with van der Waals surface area (Å²) in [6, 6.07) is 2.47. The lowest BCUT2D eigenvalue weighted by Gasteiger charge is -2.28. The summed E-state index contributed by atoms with van der Waals surface area (Å²) in [5, 5.41) is 3.35. The molecule has 0 unspecified atom stereocenters. The third kappa shape index (κ3) is 3.32. The fraction of sp³-hybridized carbons (Fsp3) is 0.692. The van der Waals surface area contributed by atoms with Crippen molar-refractivity contribution in [3.63, 3.8) is 0 Å². The number of hydrogen-bond donors (Lipinski definition) is 1. The van der Waals surface area contributed by atoms with Gasteiger partial charge in [0.15, 0.2) is 0 Å². The van der Waals surface area contributed by atoms with Crippen LogP contribution >= 0.6 is 0 Å². The van der Waals surface area contributed by atoms with Crippen molar-refractivity contribution >= 4 is 11.6 Å². The summed E-state index contributed by atoms with van der Waals surface area (Å²) >= 11 is 0. The molecule has 1 fully saturated rings. The summed E-state index contributed by atoms with van der Waals surface area (Å²) in [4.78, 5) is 11.3. The van der Waals surface area contributed by atoms with E-state index >= 15 is 0 Å². The first-order valence-electron chi connectivity index (χ1n) is 6.52. The van der Waals surface area contributed by atoms with Gasteiger partial charge in [0, 0.05) is 25.2 Å². The van der Waals surface area contributed by atoms with Crippen LogP contribution in [-0.2, 0) is 0 Å². The third-order valence-corrected chi connectivity index (χ3v) is 2.94. The number of rotatable bonds is 3. The second-order valence-corrected chi connectivity index (χ2v) is 5.01. The summed E-state index contributed by atoms with van der Waals surface area (Å²) in [6.07, 6.45) is 3.89. The summed E-state index contributed by atoms with van der Waals surface area (Å²) in [5.41, 5.74) is 0. The van der Waals surface area contributed by atoms with E-state index < -0.39 is 0 Å². The predicted molar refractivity (Wildman–Crippen MR) is 71.6 cm³/mol. The number of anilines is 2. The maximum absolute atomic E-state index is 4.54. The van der Waals surface area contributed by atoms with Gasteiger partial charge in [-0.15, -0.1) is 0 Å². The molecule has 4 nitrogen and oxygen atoms in total. The third-order valence-electron chi connectivity index (χ3n) is 2.94. The Morgan fingerprint density at radius 1 is 1.18 bits per heavy atom. The molecule has 17 heavy (non-hydrogen) atoms. The van der Waals surface area contributed by atoms with Crippen LogP contribution in [0.25, 0.3) is 0 Å². The van der Waals surface area contributed by atoms with E-state index in [9.17, 15) is 0 Å². The smallest absolute Gasteiger partial charge is 0.134 e. The molecule has 0 amide bonds. The molecule has 0 bridgehead atoms. The Hall–Kier alpha value is -1.32. The second kappa shape index (κ2) is 5.34. The van der Waals surface area contributed by atoms with Crippen LogP contribution in [-0.4, -0.2) is 29.1 Å². The lowest BCUT2D eigenvalue weighted by Crippen LogP contribution is -2.30. The molecule has 0 radical (unpaired) electrons. The predicted octanol–water partition coefficient (Wildman–Crippen LogP) is 2.60. The second-order valence-electron chi connectivity index (χ2n) is 5.01. The van der Waals surface area contributed by atoms with E-state index in [1.54, 1.807) is 0 Å². The van der Waals surface area contributed by atoms with Gasteiger partial charge in [0.1, 0.15) is 17.5 Å². The number of piperidine rings is 1. The Kier molecular flexibility index (Phi) is 3.82. The molecule has 0 atom stereocenters. The molecule has 0 aromatic carbocycles. The molecule has 1 aliphatic heterocycles. The van der Waals surface area contributed by atoms with Crippen molar-refractivity contribution in [1.82, 2.24) is 9.97 Å². The van der Waals surface area contributed by atoms with E-state index in [1.807, 2.05) is 6.92 Å². The van der Waals surface area contributed by atoms with Crippen LogP contribution in [0.15, 0.2) is 6.07 Å². The van der Waals surface area contributed by atoms with E-state index in [0.717, 1.165) is 30.5 Å². The van der Waals surface area contributed by atoms with Gasteiger partial charge in [0.2, 0.25) is 0 Å². The lowest BCUT2D eigenvalue weighted by atomic mass is 10.1. The maximum Gasteiger partial charge on any atom is 0.134 e. The molecule has 2 rings (SSSR count). The highest BCUT2D eigenvalue weighted by Crippen LogP contribution is 2.20. The number of aryl methyl sites for hydroxylation is 1. The Bertz CT molecular complexity index is 370. The number of hydrogen-bond acceptors (Lipinski definition) is 4. The monoisotopic (exact) mass is 234 g/mol. The van der Waals surface area contributed by atoms with Crippen molar-refractivity contribution in [1.29, 1.82) is 0 Å². The summed E-state index contributed by atoms with van der Waals surface area (Å²) in [6.45, 7) is 8.45. The highest BCUT2D eigenvalue weighted by molar-refractivity contribution is 5.49. The van der Waals surface area contributed by atoms with E-state index in [-0.39, 0.29) is 0 Å². The van der Waals surface area contributed by atoms with Gasteiger partial charge in [0.05, 0.1) is 0 Å². The van der Waals surface area contributed by atoms with Crippen LogP contribution in [0, 0.1) is 6.92 Å². The van der Waals surface area contributed by atoms with Crippen molar-refractivity contribution < 1.29 is 0 Å². The van der Waals surface area contributed by atoms with Crippen LogP contribution in [0.4, 0.5) is 11.6 Å². The average molecular weight is 234 g/mol. The quantitative estimate of drug-likeness (QED) is 0.872. The van der Waals surface area contributed by atoms with E-state index in [4.69, 9.17) is 0 Å². The first-order chi connectivity index (χ1) is 8.15. The van der Waals surface area contributed by atoms with Gasteiger partial charge in [-0.3, -0.25) is 0 Å². The Labute approximate surface area is 103 Å². The summed E-state index contributed by atoms with van der Waals surface area (Å²) < 4.78 is 0. The minimum atomic E-state index is 0.401. The zero-order valence-electron chi connectivity index (χ0n) is 11.0. The molecule has 1 saturated heterocycles. The first-order valence-corrected chi connectivity index (χ1v) is 6.52. The Morgan fingerprint density at radius 3 is 2.53 bits per heavy atom. The molecule has 1 aromatic rings. The van der Waals surface area contributed by atoms with Crippen LogP contribution in [0.1, 0.15) is 38.9 Å². The molecule has 0 spiro atoms. The van der Waals surface area contributed by atoms with E-state index in [2.05, 4.69) is 40.1 Å². The fourth-order valence-electron chi connectivity index (χ4n) is 2.21. The molecule has 4 heteroatoms. The first kappa shape index (κ1) is 12.1. The summed E-state index contributed by atoms with van der Waals surface area (Å²) in [5.74, 6) is 2.85. The van der Waals surface area contributed by atoms with Crippen molar-refractivity contribution in [3.8, 4) is 0 Å². The van der Waals surface area contributed by atoms with Crippen LogP contribution in [0.5, 0.6) is 0 Å². The van der Waals surface area contributed by atoms with Gasteiger partial charge >= 0.3 is 0 Å². The van der Waals surface area contributed by atoms with Crippen LogP contribution < -0.4 is 10.2 Å². The zero-order chi connectivity index (χ0) is 12.3. The number of aromatic nitrogens is 2. The van der Waals surface area contributed by atoms with Gasteiger partial charge < -0.3 is 10.2 Å². The Morgan fingerprint density at radius 2 is 1.88 bits per heavy atom. The zero-order valence-corrected chi connectivity index (χ0v) is 11.0. The van der Waals surface area contributed by atoms with Crippen molar-refractivity contribution in [2.45, 2.75) is 46.1 Å². The molecule has 1 aromatic heterocycles. The van der Waals surface area contributed by atoms with Crippen molar-refractivity contribution in [3.05, 3.63) is 11.9 Å². The lowest BCUT2D eigenvalue weighted by molar-refractivity contribution is 0.572. The van der Waals surface area contributed by atoms with Gasteiger partial charge in [-0.1, -0.05) is 0 Å². The minimum Gasteiger partial charge on any atom is -0.368 e. The van der Waals surface area contributed by atoms with Crippen LogP contribution in [0.2, 0.25) is 0 Å². The Balaban J connectivity index is 2.18. The molecule has 94 valence electrons. The van der Waals surface area contributed by atoms with Gasteiger partial charge in [-0.2, -0.15) is 0 Å². The molecule has 2 heterocycles. The molecule has 0 aliphatic carbocycles. The van der Waals surface area contributed by atoms with Crippen molar-refractivity contribution in [2.24, 2.45) is 0 Å². The fourth-order valence-corrected chi connectivity index (χ4v) is 2.21. The van der Waals surface area contributed by atoms with Gasteiger partial charge in [0.25, 0.3) is 0 Å². The standard InChI is InChI=1S/C13H22N4/c1-10(2)14-12-9-13(16-11(3)15-12)17-7-5-4-6-8-17/h9-10H,4-8H2,1-3H3,(H,14,15,16). The van der Waals surface area contributed by atoms with E-state index in [1.165, 1.54) is 19.3 Å². The van der Waals surface area contributed by atoms with Crippen molar-refractivity contribution in [2.75, 3.05) is 23.3 Å². The minimum absolute atomic E-state index is 0.401. The van der Waals surface area contributed by atoms with E-state index in [0.29, 0.717) is 6.04 Å². The topological polar surface area (TPSA) is 41.1 Å². The molecular formula is C13H22N4. The molecule has 0 saturated carbocycles. The molecule has 1 aliphatic rings. The van der Waals surface area contributed by atoms with Gasteiger partial charge in [-0.05, 0) is 40.0 Å². The number of nitrogens with one attached hydrogen (secondary N) is 1. The largest absolute Gasteiger partial charge is 0.368 e. The maximum atomic E-state index is 4.54. The summed E-state index contributed by atoms with van der Waals surface area (Å²) in [7, 11) is 0. The highest BCUT2D eigenvalue weighted by atomic mass is 15.2. The van der Waals surface area contributed by atoms with Gasteiger partial charge in [-0.25, -0.2) is 9.97 Å². The molecule has 1 N–H and O–H groups in total. The normalized spacial score (nSPS) is 16.4.